The smallest absolute Gasteiger partial charge is 0.252 e. The maximum absolute atomic E-state index is 13.3. The van der Waals surface area contributed by atoms with E-state index in [2.05, 4.69) is 10.1 Å². The highest BCUT2D eigenvalue weighted by Gasteiger charge is 2.28. The van der Waals surface area contributed by atoms with Gasteiger partial charge in [0.15, 0.2) is 5.03 Å². The van der Waals surface area contributed by atoms with E-state index in [-0.39, 0.29) is 21.4 Å². The Balaban J connectivity index is 1.96. The minimum absolute atomic E-state index is 0.104. The molecule has 170 valence electrons. The molecular weight excluding hydrogens is 486 g/mol. The molecule has 0 radical (unpaired) electrons. The second kappa shape index (κ2) is 8.60. The summed E-state index contributed by atoms with van der Waals surface area (Å²) in [6.07, 6.45) is 1.47. The first-order valence-electron chi connectivity index (χ1n) is 9.47. The molecule has 0 saturated heterocycles. The van der Waals surface area contributed by atoms with Gasteiger partial charge in [0, 0.05) is 29.9 Å². The quantitative estimate of drug-likeness (QED) is 0.430. The summed E-state index contributed by atoms with van der Waals surface area (Å²) < 4.78 is 53.3. The average Bonchev–Trinajstić information content (AvgIpc) is 3.25. The maximum atomic E-state index is 13.3. The molecule has 0 atom stereocenters. The van der Waals surface area contributed by atoms with Crippen molar-refractivity contribution >= 4 is 37.5 Å². The van der Waals surface area contributed by atoms with Gasteiger partial charge in [-0.15, -0.1) is 0 Å². The number of hydrogen-bond acceptors (Lipinski definition) is 6. The molecule has 9 nitrogen and oxygen atoms in total. The molecule has 0 aliphatic rings. The zero-order chi connectivity index (χ0) is 23.8. The van der Waals surface area contributed by atoms with Crippen LogP contribution in [0.15, 0.2) is 88.9 Å². The number of aromatic nitrogens is 3. The Morgan fingerprint density at radius 1 is 0.939 bits per heavy atom. The zero-order valence-electron chi connectivity index (χ0n) is 17.2. The normalized spacial score (nSPS) is 12.0. The minimum Gasteiger partial charge on any atom is -0.252 e. The van der Waals surface area contributed by atoms with E-state index < -0.39 is 20.0 Å². The molecule has 4 rings (SSSR count). The van der Waals surface area contributed by atoms with Crippen molar-refractivity contribution in [2.45, 2.75) is 9.92 Å². The van der Waals surface area contributed by atoms with Crippen molar-refractivity contribution in [3.63, 3.8) is 0 Å². The van der Waals surface area contributed by atoms with Gasteiger partial charge in [-0.05, 0) is 36.4 Å². The van der Waals surface area contributed by atoms with Gasteiger partial charge in [-0.25, -0.2) is 23.2 Å². The molecule has 12 heteroatoms. The summed E-state index contributed by atoms with van der Waals surface area (Å²) in [5.74, 6) is 0.199. The van der Waals surface area contributed by atoms with E-state index in [9.17, 15) is 16.8 Å². The summed E-state index contributed by atoms with van der Waals surface area (Å²) in [7, 11) is -6.90. The second-order valence-electron chi connectivity index (χ2n) is 6.96. The van der Waals surface area contributed by atoms with Gasteiger partial charge in [0.25, 0.3) is 10.0 Å². The minimum atomic E-state index is -4.13. The lowest BCUT2D eigenvalue weighted by Crippen LogP contribution is -2.27. The third-order valence-electron chi connectivity index (χ3n) is 4.82. The van der Waals surface area contributed by atoms with Gasteiger partial charge in [0.2, 0.25) is 10.0 Å². The Labute approximate surface area is 196 Å². The first-order valence-corrected chi connectivity index (χ1v) is 12.8. The predicted octanol–water partition coefficient (Wildman–Crippen LogP) is 3.06. The zero-order valence-corrected chi connectivity index (χ0v) is 19.6. The van der Waals surface area contributed by atoms with Crippen LogP contribution in [0, 0.1) is 0 Å². The number of halogens is 1. The number of benzene rings is 2. The Morgan fingerprint density at radius 2 is 1.61 bits per heavy atom. The lowest BCUT2D eigenvalue weighted by molar-refractivity contribution is 0.588. The molecule has 0 saturated carbocycles. The molecule has 0 bridgehead atoms. The highest BCUT2D eigenvalue weighted by atomic mass is 35.5. The third-order valence-corrected chi connectivity index (χ3v) is 7.67. The van der Waals surface area contributed by atoms with Gasteiger partial charge in [0.05, 0.1) is 11.4 Å². The average molecular weight is 504 g/mol. The van der Waals surface area contributed by atoms with E-state index in [0.717, 1.165) is 4.31 Å². The molecule has 2 aromatic heterocycles. The number of rotatable bonds is 6. The maximum Gasteiger partial charge on any atom is 0.284 e. The van der Waals surface area contributed by atoms with Gasteiger partial charge >= 0.3 is 0 Å². The van der Waals surface area contributed by atoms with Gasteiger partial charge in [0.1, 0.15) is 10.7 Å². The van der Waals surface area contributed by atoms with Crippen molar-refractivity contribution in [3.8, 4) is 16.9 Å². The number of anilines is 1. The topological polar surface area (TPSA) is 128 Å². The van der Waals surface area contributed by atoms with Crippen LogP contribution < -0.4 is 9.44 Å². The van der Waals surface area contributed by atoms with E-state index in [0.29, 0.717) is 16.3 Å². The van der Waals surface area contributed by atoms with Crippen molar-refractivity contribution in [1.82, 2.24) is 14.8 Å². The molecule has 0 spiro atoms. The standard InChI is InChI=1S/C21H18ClN5O4S2/c1-26(20-8-4-5-13-24-20)33(30,31)21-14-18(15-9-11-16(22)12-10-15)27(25-21)17-6-2-3-7-19(17)32(23,28)29/h2-14H,1H3,(H2,23,28,29). The molecule has 2 N–H and O–H groups in total. The fraction of sp³-hybridized carbons (Fsp3) is 0.0476. The van der Waals surface area contributed by atoms with E-state index in [1.807, 2.05) is 0 Å². The molecule has 0 aliphatic heterocycles. The molecule has 0 amide bonds. The Bertz CT molecular complexity index is 1520. The van der Waals surface area contributed by atoms with E-state index in [1.165, 1.54) is 42.2 Å². The van der Waals surface area contributed by atoms with Crippen LogP contribution >= 0.6 is 11.6 Å². The van der Waals surface area contributed by atoms with Crippen LogP contribution in [-0.2, 0) is 20.0 Å². The van der Waals surface area contributed by atoms with Crippen LogP contribution in [0.25, 0.3) is 16.9 Å². The third kappa shape index (κ3) is 4.48. The van der Waals surface area contributed by atoms with Crippen LogP contribution in [0.5, 0.6) is 0 Å². The molecule has 2 aromatic carbocycles. The Kier molecular flexibility index (Phi) is 5.97. The SMILES string of the molecule is CN(c1ccccn1)S(=O)(=O)c1cc(-c2ccc(Cl)cc2)n(-c2ccccc2S(N)(=O)=O)n1. The summed E-state index contributed by atoms with van der Waals surface area (Å²) >= 11 is 6.00. The molecule has 33 heavy (non-hydrogen) atoms. The van der Waals surface area contributed by atoms with Gasteiger partial charge in [-0.3, -0.25) is 4.31 Å². The van der Waals surface area contributed by atoms with Crippen molar-refractivity contribution in [2.24, 2.45) is 5.14 Å². The first-order chi connectivity index (χ1) is 15.6. The fourth-order valence-electron chi connectivity index (χ4n) is 3.17. The monoisotopic (exact) mass is 503 g/mol. The van der Waals surface area contributed by atoms with E-state index in [1.54, 1.807) is 48.5 Å². The lowest BCUT2D eigenvalue weighted by Gasteiger charge is -2.16. The number of hydrogen-bond donors (Lipinski definition) is 1. The van der Waals surface area contributed by atoms with Gasteiger partial charge in [-0.2, -0.15) is 13.5 Å². The van der Waals surface area contributed by atoms with Crippen molar-refractivity contribution in [3.05, 3.63) is 84.0 Å². The van der Waals surface area contributed by atoms with Crippen LogP contribution in [0.2, 0.25) is 5.02 Å². The van der Waals surface area contributed by atoms with Gasteiger partial charge < -0.3 is 0 Å². The summed E-state index contributed by atoms with van der Waals surface area (Å²) in [6, 6.07) is 18.8. The number of nitrogens with zero attached hydrogens (tertiary/aromatic N) is 4. The van der Waals surface area contributed by atoms with Crippen molar-refractivity contribution < 1.29 is 16.8 Å². The lowest BCUT2D eigenvalue weighted by atomic mass is 10.1. The van der Waals surface area contributed by atoms with Crippen molar-refractivity contribution in [2.75, 3.05) is 11.4 Å². The van der Waals surface area contributed by atoms with E-state index in [4.69, 9.17) is 16.7 Å². The molecule has 0 fully saturated rings. The fourth-order valence-corrected chi connectivity index (χ4v) is 5.09. The molecular formula is C21H18ClN5O4S2. The highest BCUT2D eigenvalue weighted by molar-refractivity contribution is 7.92. The second-order valence-corrected chi connectivity index (χ2v) is 10.8. The summed E-state index contributed by atoms with van der Waals surface area (Å²) in [6.45, 7) is 0. The molecule has 0 unspecified atom stereocenters. The Morgan fingerprint density at radius 3 is 2.24 bits per heavy atom. The number of pyridine rings is 1. The van der Waals surface area contributed by atoms with Crippen LogP contribution in [-0.4, -0.2) is 38.6 Å². The molecule has 4 aromatic rings. The predicted molar refractivity (Wildman–Crippen MR) is 125 cm³/mol. The Hall–Kier alpha value is -3.25. The van der Waals surface area contributed by atoms with Crippen molar-refractivity contribution in [1.29, 1.82) is 0 Å². The van der Waals surface area contributed by atoms with Crippen LogP contribution in [0.3, 0.4) is 0 Å². The van der Waals surface area contributed by atoms with Crippen LogP contribution in [0.1, 0.15) is 0 Å². The first kappa shape index (κ1) is 22.9. The van der Waals surface area contributed by atoms with E-state index >= 15 is 0 Å². The molecule has 2 heterocycles. The number of para-hydroxylation sites is 1. The largest absolute Gasteiger partial charge is 0.284 e. The highest BCUT2D eigenvalue weighted by Crippen LogP contribution is 2.31. The summed E-state index contributed by atoms with van der Waals surface area (Å²) in [5, 5.41) is 9.86. The molecule has 0 aliphatic carbocycles. The number of sulfonamides is 2. The van der Waals surface area contributed by atoms with Crippen LogP contribution in [0.4, 0.5) is 5.82 Å². The number of nitrogens with two attached hydrogens (primary N) is 1. The summed E-state index contributed by atoms with van der Waals surface area (Å²) in [5.41, 5.74) is 1.00. The summed E-state index contributed by atoms with van der Waals surface area (Å²) in [4.78, 5) is 3.87. The van der Waals surface area contributed by atoms with Gasteiger partial charge in [-0.1, -0.05) is 41.9 Å². The number of primary sulfonamides is 1.